The zero-order chi connectivity index (χ0) is 13.8. The van der Waals surface area contributed by atoms with E-state index >= 15 is 0 Å². The van der Waals surface area contributed by atoms with Crippen molar-refractivity contribution in [3.05, 3.63) is 34.9 Å². The molecule has 1 N–H and O–H groups in total. The molecule has 0 spiro atoms. The molecule has 1 saturated heterocycles. The van der Waals surface area contributed by atoms with E-state index in [-0.39, 0.29) is 0 Å². The quantitative estimate of drug-likeness (QED) is 0.893. The number of nitrogens with zero attached hydrogens (tertiary/aromatic N) is 1. The largest absolute Gasteiger partial charge is 0.314 e. The van der Waals surface area contributed by atoms with Gasteiger partial charge in [-0.1, -0.05) is 44.0 Å². The van der Waals surface area contributed by atoms with E-state index in [0.29, 0.717) is 12.0 Å². The molecule has 0 amide bonds. The second-order valence-corrected chi connectivity index (χ2v) is 5.98. The van der Waals surface area contributed by atoms with Gasteiger partial charge in [0.05, 0.1) is 0 Å². The van der Waals surface area contributed by atoms with Crippen LogP contribution in [0.4, 0.5) is 0 Å². The normalized spacial score (nSPS) is 20.2. The van der Waals surface area contributed by atoms with Gasteiger partial charge in [-0.25, -0.2) is 0 Å². The maximum atomic E-state index is 3.46. The topological polar surface area (TPSA) is 15.3 Å². The molecule has 0 aliphatic carbocycles. The van der Waals surface area contributed by atoms with Crippen LogP contribution in [0.3, 0.4) is 0 Å². The Bertz CT molecular complexity index is 408. The molecule has 2 heteroatoms. The molecule has 1 heterocycles. The Morgan fingerprint density at radius 3 is 2.53 bits per heavy atom. The van der Waals surface area contributed by atoms with E-state index in [1.54, 1.807) is 0 Å². The minimum atomic E-state index is 0.576. The van der Waals surface area contributed by atoms with Gasteiger partial charge >= 0.3 is 0 Å². The first-order valence-corrected chi connectivity index (χ1v) is 7.65. The van der Waals surface area contributed by atoms with Crippen molar-refractivity contribution in [2.75, 3.05) is 26.2 Å². The van der Waals surface area contributed by atoms with Gasteiger partial charge in [0.2, 0.25) is 0 Å². The highest BCUT2D eigenvalue weighted by Gasteiger charge is 2.27. The summed E-state index contributed by atoms with van der Waals surface area (Å²) >= 11 is 0. The Kier molecular flexibility index (Phi) is 5.00. The Labute approximate surface area is 118 Å². The third-order valence-corrected chi connectivity index (χ3v) is 4.48. The van der Waals surface area contributed by atoms with Gasteiger partial charge < -0.3 is 5.32 Å². The molecule has 1 fully saturated rings. The van der Waals surface area contributed by atoms with Crippen molar-refractivity contribution >= 4 is 0 Å². The first kappa shape index (κ1) is 14.5. The SMILES string of the molecule is CCC(C)[C@@H](c1cc(C)ccc1C)N1CCNCC1. The molecule has 0 radical (unpaired) electrons. The zero-order valence-corrected chi connectivity index (χ0v) is 12.9. The van der Waals surface area contributed by atoms with Crippen molar-refractivity contribution in [2.24, 2.45) is 5.92 Å². The monoisotopic (exact) mass is 260 g/mol. The molecular formula is C17H28N2. The molecule has 1 unspecified atom stereocenters. The summed E-state index contributed by atoms with van der Waals surface area (Å²) in [4.78, 5) is 2.67. The van der Waals surface area contributed by atoms with E-state index in [0.717, 1.165) is 13.1 Å². The van der Waals surface area contributed by atoms with Gasteiger partial charge in [0.1, 0.15) is 0 Å². The Morgan fingerprint density at radius 2 is 1.89 bits per heavy atom. The number of hydrogen-bond acceptors (Lipinski definition) is 2. The van der Waals surface area contributed by atoms with Gasteiger partial charge in [-0.15, -0.1) is 0 Å². The lowest BCUT2D eigenvalue weighted by atomic mass is 9.87. The van der Waals surface area contributed by atoms with Crippen LogP contribution in [0.1, 0.15) is 43.0 Å². The number of hydrogen-bond donors (Lipinski definition) is 1. The molecule has 0 bridgehead atoms. The predicted octanol–water partition coefficient (Wildman–Crippen LogP) is 3.30. The summed E-state index contributed by atoms with van der Waals surface area (Å²) in [6.45, 7) is 13.8. The highest BCUT2D eigenvalue weighted by atomic mass is 15.2. The standard InChI is InChI=1S/C17H28N2/c1-5-14(3)17(19-10-8-18-9-11-19)16-12-13(2)6-7-15(16)4/h6-7,12,14,17-18H,5,8-11H2,1-4H3/t14?,17-/m0/s1. The molecule has 0 saturated carbocycles. The molecule has 106 valence electrons. The van der Waals surface area contributed by atoms with Crippen LogP contribution in [-0.4, -0.2) is 31.1 Å². The van der Waals surface area contributed by atoms with Gasteiger partial charge in [-0.2, -0.15) is 0 Å². The highest BCUT2D eigenvalue weighted by Crippen LogP contribution is 2.33. The average molecular weight is 260 g/mol. The summed E-state index contributed by atoms with van der Waals surface area (Å²) in [5.41, 5.74) is 4.36. The van der Waals surface area contributed by atoms with Crippen LogP contribution >= 0.6 is 0 Å². The van der Waals surface area contributed by atoms with E-state index in [2.05, 4.69) is 56.1 Å². The summed E-state index contributed by atoms with van der Waals surface area (Å²) in [6.07, 6.45) is 1.24. The van der Waals surface area contributed by atoms with Crippen LogP contribution in [-0.2, 0) is 0 Å². The molecule has 0 aromatic heterocycles. The van der Waals surface area contributed by atoms with Crippen LogP contribution in [0.5, 0.6) is 0 Å². The lowest BCUT2D eigenvalue weighted by Crippen LogP contribution is -2.46. The number of aryl methyl sites for hydroxylation is 2. The van der Waals surface area contributed by atoms with Gasteiger partial charge in [0.25, 0.3) is 0 Å². The molecule has 2 rings (SSSR count). The fourth-order valence-corrected chi connectivity index (χ4v) is 3.13. The Balaban J connectivity index is 2.33. The summed E-state index contributed by atoms with van der Waals surface area (Å²) in [5.74, 6) is 0.707. The summed E-state index contributed by atoms with van der Waals surface area (Å²) < 4.78 is 0. The summed E-state index contributed by atoms with van der Waals surface area (Å²) in [5, 5.41) is 3.46. The second kappa shape index (κ2) is 6.53. The van der Waals surface area contributed by atoms with Gasteiger partial charge in [-0.3, -0.25) is 4.90 Å². The van der Waals surface area contributed by atoms with Crippen LogP contribution in [0.15, 0.2) is 18.2 Å². The van der Waals surface area contributed by atoms with Crippen molar-refractivity contribution in [1.82, 2.24) is 10.2 Å². The molecule has 2 nitrogen and oxygen atoms in total. The maximum Gasteiger partial charge on any atom is 0.0377 e. The molecule has 1 aliphatic rings. The summed E-state index contributed by atoms with van der Waals surface area (Å²) in [6, 6.07) is 7.48. The van der Waals surface area contributed by atoms with Crippen LogP contribution in [0, 0.1) is 19.8 Å². The molecule has 1 aromatic rings. The van der Waals surface area contributed by atoms with Crippen molar-refractivity contribution < 1.29 is 0 Å². The van der Waals surface area contributed by atoms with E-state index in [1.807, 2.05) is 0 Å². The van der Waals surface area contributed by atoms with Crippen molar-refractivity contribution in [1.29, 1.82) is 0 Å². The first-order valence-electron chi connectivity index (χ1n) is 7.65. The van der Waals surface area contributed by atoms with Gasteiger partial charge in [-0.05, 0) is 30.9 Å². The smallest absolute Gasteiger partial charge is 0.0377 e. The lowest BCUT2D eigenvalue weighted by Gasteiger charge is -2.39. The molecule has 2 atom stereocenters. The Morgan fingerprint density at radius 1 is 1.21 bits per heavy atom. The minimum Gasteiger partial charge on any atom is -0.314 e. The highest BCUT2D eigenvalue weighted by molar-refractivity contribution is 5.33. The first-order chi connectivity index (χ1) is 9.13. The van der Waals surface area contributed by atoms with Crippen LogP contribution in [0.25, 0.3) is 0 Å². The number of benzene rings is 1. The minimum absolute atomic E-state index is 0.576. The number of piperazine rings is 1. The Hall–Kier alpha value is -0.860. The molecular weight excluding hydrogens is 232 g/mol. The van der Waals surface area contributed by atoms with Gasteiger partial charge in [0, 0.05) is 32.2 Å². The molecule has 19 heavy (non-hydrogen) atoms. The number of nitrogens with one attached hydrogen (secondary N) is 1. The van der Waals surface area contributed by atoms with Crippen molar-refractivity contribution in [3.8, 4) is 0 Å². The van der Waals surface area contributed by atoms with E-state index < -0.39 is 0 Å². The fraction of sp³-hybridized carbons (Fsp3) is 0.647. The van der Waals surface area contributed by atoms with E-state index in [9.17, 15) is 0 Å². The van der Waals surface area contributed by atoms with Crippen LogP contribution < -0.4 is 5.32 Å². The molecule has 1 aliphatic heterocycles. The van der Waals surface area contributed by atoms with E-state index in [1.165, 1.54) is 36.2 Å². The van der Waals surface area contributed by atoms with Crippen molar-refractivity contribution in [2.45, 2.75) is 40.2 Å². The third-order valence-electron chi connectivity index (χ3n) is 4.48. The zero-order valence-electron chi connectivity index (χ0n) is 12.9. The second-order valence-electron chi connectivity index (χ2n) is 5.98. The lowest BCUT2D eigenvalue weighted by molar-refractivity contribution is 0.128. The van der Waals surface area contributed by atoms with Gasteiger partial charge in [0.15, 0.2) is 0 Å². The summed E-state index contributed by atoms with van der Waals surface area (Å²) in [7, 11) is 0. The fourth-order valence-electron chi connectivity index (χ4n) is 3.13. The van der Waals surface area contributed by atoms with Crippen LogP contribution in [0.2, 0.25) is 0 Å². The predicted molar refractivity (Wildman–Crippen MR) is 82.6 cm³/mol. The third kappa shape index (κ3) is 3.37. The molecule has 1 aromatic carbocycles. The number of rotatable bonds is 4. The average Bonchev–Trinajstić information content (AvgIpc) is 2.44. The van der Waals surface area contributed by atoms with E-state index in [4.69, 9.17) is 0 Å². The van der Waals surface area contributed by atoms with Crippen molar-refractivity contribution in [3.63, 3.8) is 0 Å². The maximum absolute atomic E-state index is 3.46.